The van der Waals surface area contributed by atoms with Gasteiger partial charge in [-0.1, -0.05) is 41.9 Å². The van der Waals surface area contributed by atoms with Gasteiger partial charge in [-0.25, -0.2) is 0 Å². The lowest BCUT2D eigenvalue weighted by atomic mass is 10.1. The van der Waals surface area contributed by atoms with Gasteiger partial charge in [0.15, 0.2) is 0 Å². The summed E-state index contributed by atoms with van der Waals surface area (Å²) in [6.07, 6.45) is 0. The second-order valence-electron chi connectivity index (χ2n) is 8.33. The highest BCUT2D eigenvalue weighted by molar-refractivity contribution is 6.30. The van der Waals surface area contributed by atoms with Crippen molar-refractivity contribution in [1.82, 2.24) is 14.7 Å². The van der Waals surface area contributed by atoms with Crippen LogP contribution in [0.4, 0.5) is 5.69 Å². The van der Waals surface area contributed by atoms with Gasteiger partial charge >= 0.3 is 0 Å². The molecule has 1 amide bonds. The van der Waals surface area contributed by atoms with E-state index in [4.69, 9.17) is 11.6 Å². The summed E-state index contributed by atoms with van der Waals surface area (Å²) in [5, 5.41) is 0.770. The van der Waals surface area contributed by atoms with E-state index in [0.29, 0.717) is 6.54 Å². The number of rotatable bonds is 5. The zero-order valence-corrected chi connectivity index (χ0v) is 18.5. The number of hydrogen-bond donors (Lipinski definition) is 0. The maximum atomic E-state index is 12.8. The number of hydrogen-bond acceptors (Lipinski definition) is 4. The predicted molar refractivity (Wildman–Crippen MR) is 123 cm³/mol. The lowest BCUT2D eigenvalue weighted by Crippen LogP contribution is -2.53. The van der Waals surface area contributed by atoms with E-state index >= 15 is 0 Å². The number of carbonyl (C=O) groups is 1. The number of benzene rings is 2. The maximum Gasteiger partial charge on any atom is 0.236 e. The molecule has 2 heterocycles. The first kappa shape index (κ1) is 21.2. The Hall–Kier alpha value is -2.08. The summed E-state index contributed by atoms with van der Waals surface area (Å²) in [4.78, 5) is 21.9. The number of aryl methyl sites for hydroxylation is 1. The smallest absolute Gasteiger partial charge is 0.236 e. The average molecular weight is 427 g/mol. The predicted octanol–water partition coefficient (Wildman–Crippen LogP) is 3.11. The van der Waals surface area contributed by atoms with Gasteiger partial charge in [0, 0.05) is 69.6 Å². The summed E-state index contributed by atoms with van der Waals surface area (Å²) >= 11 is 6.12. The highest BCUT2D eigenvalue weighted by Gasteiger charge is 2.25. The van der Waals surface area contributed by atoms with Crippen LogP contribution >= 0.6 is 11.6 Å². The Balaban J connectivity index is 1.20. The molecule has 2 aliphatic heterocycles. The molecule has 0 saturated carbocycles. The van der Waals surface area contributed by atoms with E-state index in [9.17, 15) is 4.79 Å². The standard InChI is InChI=1S/C24H31ClN4O/c1-20-5-2-3-6-21(20)18-26-11-15-29(16-12-26)24(30)19-27-9-13-28(14-10-27)23-8-4-7-22(25)17-23/h2-8,17H,9-16,18-19H2,1H3. The Kier molecular flexibility index (Phi) is 6.93. The molecular weight excluding hydrogens is 396 g/mol. The molecular formula is C24H31ClN4O. The molecule has 2 fully saturated rings. The number of amides is 1. The first-order valence-corrected chi connectivity index (χ1v) is 11.2. The van der Waals surface area contributed by atoms with Crippen molar-refractivity contribution in [2.75, 3.05) is 63.8 Å². The van der Waals surface area contributed by atoms with Gasteiger partial charge in [-0.05, 0) is 36.2 Å². The van der Waals surface area contributed by atoms with Crippen LogP contribution in [-0.4, -0.2) is 79.5 Å². The highest BCUT2D eigenvalue weighted by atomic mass is 35.5. The fourth-order valence-electron chi connectivity index (χ4n) is 4.31. The molecule has 0 atom stereocenters. The molecule has 0 unspecified atom stereocenters. The number of halogens is 1. The summed E-state index contributed by atoms with van der Waals surface area (Å²) in [6.45, 7) is 10.9. The highest BCUT2D eigenvalue weighted by Crippen LogP contribution is 2.21. The minimum atomic E-state index is 0.266. The van der Waals surface area contributed by atoms with Crippen LogP contribution in [0, 0.1) is 6.92 Å². The zero-order chi connectivity index (χ0) is 20.9. The molecule has 0 N–H and O–H groups in total. The first-order chi connectivity index (χ1) is 14.6. The molecule has 160 valence electrons. The molecule has 0 radical (unpaired) electrons. The van der Waals surface area contributed by atoms with Gasteiger partial charge in [-0.2, -0.15) is 0 Å². The summed E-state index contributed by atoms with van der Waals surface area (Å²) in [7, 11) is 0. The van der Waals surface area contributed by atoms with E-state index in [2.05, 4.69) is 52.0 Å². The van der Waals surface area contributed by atoms with Crippen LogP contribution in [0.25, 0.3) is 0 Å². The Bertz CT molecular complexity index is 858. The zero-order valence-electron chi connectivity index (χ0n) is 17.8. The molecule has 4 rings (SSSR count). The van der Waals surface area contributed by atoms with Crippen molar-refractivity contribution < 1.29 is 4.79 Å². The fraction of sp³-hybridized carbons (Fsp3) is 0.458. The van der Waals surface area contributed by atoms with Gasteiger partial charge in [0.25, 0.3) is 0 Å². The van der Waals surface area contributed by atoms with Crippen molar-refractivity contribution in [3.63, 3.8) is 0 Å². The van der Waals surface area contributed by atoms with Crippen molar-refractivity contribution in [3.8, 4) is 0 Å². The number of piperazine rings is 2. The van der Waals surface area contributed by atoms with Gasteiger partial charge in [0.2, 0.25) is 5.91 Å². The summed E-state index contributed by atoms with van der Waals surface area (Å²) in [6, 6.07) is 16.6. The lowest BCUT2D eigenvalue weighted by Gasteiger charge is -2.38. The Morgan fingerprint density at radius 2 is 1.57 bits per heavy atom. The quantitative estimate of drug-likeness (QED) is 0.734. The minimum absolute atomic E-state index is 0.266. The summed E-state index contributed by atoms with van der Waals surface area (Å²) < 4.78 is 0. The third kappa shape index (κ3) is 5.34. The van der Waals surface area contributed by atoms with Crippen molar-refractivity contribution in [3.05, 3.63) is 64.7 Å². The third-order valence-electron chi connectivity index (χ3n) is 6.28. The van der Waals surface area contributed by atoms with E-state index < -0.39 is 0 Å². The molecule has 5 nitrogen and oxygen atoms in total. The number of carbonyl (C=O) groups excluding carboxylic acids is 1. The Morgan fingerprint density at radius 3 is 2.27 bits per heavy atom. The van der Waals surface area contributed by atoms with E-state index in [1.54, 1.807) is 0 Å². The molecule has 0 aromatic heterocycles. The summed E-state index contributed by atoms with van der Waals surface area (Å²) in [5.74, 6) is 0.266. The summed E-state index contributed by atoms with van der Waals surface area (Å²) in [5.41, 5.74) is 3.89. The average Bonchev–Trinajstić information content (AvgIpc) is 2.76. The maximum absolute atomic E-state index is 12.8. The van der Waals surface area contributed by atoms with Crippen LogP contribution in [0.5, 0.6) is 0 Å². The molecule has 2 aromatic rings. The number of anilines is 1. The van der Waals surface area contributed by atoms with E-state index in [0.717, 1.165) is 63.9 Å². The van der Waals surface area contributed by atoms with Gasteiger partial charge < -0.3 is 9.80 Å². The Labute approximate surface area is 184 Å². The van der Waals surface area contributed by atoms with Crippen LogP contribution in [-0.2, 0) is 11.3 Å². The van der Waals surface area contributed by atoms with E-state index in [-0.39, 0.29) is 5.91 Å². The first-order valence-electron chi connectivity index (χ1n) is 10.9. The van der Waals surface area contributed by atoms with Crippen molar-refractivity contribution in [1.29, 1.82) is 0 Å². The molecule has 0 spiro atoms. The van der Waals surface area contributed by atoms with Crippen LogP contribution in [0.2, 0.25) is 5.02 Å². The van der Waals surface area contributed by atoms with Crippen LogP contribution in [0.1, 0.15) is 11.1 Å². The van der Waals surface area contributed by atoms with Crippen molar-refractivity contribution in [2.45, 2.75) is 13.5 Å². The van der Waals surface area contributed by atoms with E-state index in [1.165, 1.54) is 16.8 Å². The second-order valence-corrected chi connectivity index (χ2v) is 8.76. The van der Waals surface area contributed by atoms with Crippen molar-refractivity contribution in [2.24, 2.45) is 0 Å². The Morgan fingerprint density at radius 1 is 0.867 bits per heavy atom. The largest absolute Gasteiger partial charge is 0.369 e. The van der Waals surface area contributed by atoms with E-state index in [1.807, 2.05) is 23.1 Å². The third-order valence-corrected chi connectivity index (χ3v) is 6.52. The molecule has 2 saturated heterocycles. The molecule has 30 heavy (non-hydrogen) atoms. The van der Waals surface area contributed by atoms with Gasteiger partial charge in [0.1, 0.15) is 0 Å². The lowest BCUT2D eigenvalue weighted by molar-refractivity contribution is -0.134. The molecule has 6 heteroatoms. The van der Waals surface area contributed by atoms with Gasteiger partial charge in [-0.3, -0.25) is 14.6 Å². The van der Waals surface area contributed by atoms with Crippen molar-refractivity contribution >= 4 is 23.2 Å². The fourth-order valence-corrected chi connectivity index (χ4v) is 4.50. The SMILES string of the molecule is Cc1ccccc1CN1CCN(C(=O)CN2CCN(c3cccc(Cl)c3)CC2)CC1. The van der Waals surface area contributed by atoms with Gasteiger partial charge in [-0.15, -0.1) is 0 Å². The molecule has 0 bridgehead atoms. The molecule has 2 aromatic carbocycles. The second kappa shape index (κ2) is 9.82. The monoisotopic (exact) mass is 426 g/mol. The normalized spacial score (nSPS) is 18.6. The topological polar surface area (TPSA) is 30.0 Å². The van der Waals surface area contributed by atoms with Crippen LogP contribution < -0.4 is 4.90 Å². The van der Waals surface area contributed by atoms with Crippen LogP contribution in [0.3, 0.4) is 0 Å². The molecule has 0 aliphatic carbocycles. The van der Waals surface area contributed by atoms with Crippen LogP contribution in [0.15, 0.2) is 48.5 Å². The minimum Gasteiger partial charge on any atom is -0.369 e. The number of nitrogens with zero attached hydrogens (tertiary/aromatic N) is 4. The molecule has 2 aliphatic rings. The van der Waals surface area contributed by atoms with Gasteiger partial charge in [0.05, 0.1) is 6.54 Å².